The zero-order chi connectivity index (χ0) is 8.15. The third-order valence-electron chi connectivity index (χ3n) is 1.07. The van der Waals surface area contributed by atoms with Crippen LogP contribution < -0.4 is 0 Å². The Hall–Kier alpha value is -0.570. The zero-order valence-corrected chi connectivity index (χ0v) is 6.47. The van der Waals surface area contributed by atoms with E-state index in [4.69, 9.17) is 26.9 Å². The Morgan fingerprint density at radius 3 is 2.20 bits per heavy atom. The van der Waals surface area contributed by atoms with Crippen LogP contribution in [0.4, 0.5) is 0 Å². The lowest BCUT2D eigenvalue weighted by Gasteiger charge is -2.05. The van der Waals surface area contributed by atoms with Crippen LogP contribution in [0.15, 0.2) is 11.7 Å². The molecule has 0 aromatic carbocycles. The highest BCUT2D eigenvalue weighted by atomic mass is 35.5. The molecule has 0 rings (SSSR count). The summed E-state index contributed by atoms with van der Waals surface area (Å²) in [6.45, 7) is 1.89. The van der Waals surface area contributed by atoms with Crippen LogP contribution in [0.25, 0.3) is 0 Å². The lowest BCUT2D eigenvalue weighted by atomic mass is 10.2. The first-order chi connectivity index (χ1) is 4.59. The molecule has 0 fully saturated rings. The van der Waals surface area contributed by atoms with Gasteiger partial charge in [0.15, 0.2) is 5.76 Å². The van der Waals surface area contributed by atoms with Crippen molar-refractivity contribution in [2.45, 2.75) is 25.1 Å². The Morgan fingerprint density at radius 1 is 1.40 bits per heavy atom. The maximum absolute atomic E-state index is 8.77. The second-order valence-corrected chi connectivity index (χ2v) is 2.49. The monoisotopic (exact) mass is 166 g/mol. The molecule has 10 heavy (non-hydrogen) atoms. The molecule has 0 bridgehead atoms. The van der Waals surface area contributed by atoms with Crippen molar-refractivity contribution >= 4 is 11.6 Å². The highest BCUT2D eigenvalue weighted by Gasteiger charge is 2.13. The van der Waals surface area contributed by atoms with Gasteiger partial charge in [-0.25, -0.2) is 0 Å². The van der Waals surface area contributed by atoms with Crippen molar-refractivity contribution < 1.29 is 15.3 Å². The van der Waals surface area contributed by atoms with E-state index < -0.39 is 17.1 Å². The van der Waals surface area contributed by atoms with E-state index in [-0.39, 0.29) is 0 Å². The van der Waals surface area contributed by atoms with E-state index in [1.54, 1.807) is 0 Å². The van der Waals surface area contributed by atoms with Crippen LogP contribution in [-0.4, -0.2) is 20.7 Å². The summed E-state index contributed by atoms with van der Waals surface area (Å²) in [5, 5.41) is 24.7. The van der Waals surface area contributed by atoms with Crippen molar-refractivity contribution in [3.63, 3.8) is 0 Å². The molecule has 1 unspecified atom stereocenters. The predicted molar refractivity (Wildman–Crippen MR) is 39.5 cm³/mol. The molecule has 0 aromatic rings. The van der Waals surface area contributed by atoms with Gasteiger partial charge in [-0.2, -0.15) is 0 Å². The molecule has 0 aliphatic rings. The third-order valence-corrected chi connectivity index (χ3v) is 1.49. The first-order valence-electron chi connectivity index (χ1n) is 3.04. The van der Waals surface area contributed by atoms with Crippen molar-refractivity contribution in [2.24, 2.45) is 0 Å². The summed E-state index contributed by atoms with van der Waals surface area (Å²) < 4.78 is 0. The SMILES string of the molecule is CCCC(Cl)C(O)=C(O)O. The van der Waals surface area contributed by atoms with E-state index >= 15 is 0 Å². The third kappa shape index (κ3) is 2.82. The summed E-state index contributed by atoms with van der Waals surface area (Å²) in [4.78, 5) is 0. The minimum Gasteiger partial charge on any atom is -0.505 e. The van der Waals surface area contributed by atoms with Gasteiger partial charge < -0.3 is 15.3 Å². The van der Waals surface area contributed by atoms with Crippen LogP contribution >= 0.6 is 11.6 Å². The molecule has 1 atom stereocenters. The van der Waals surface area contributed by atoms with Gasteiger partial charge in [-0.1, -0.05) is 13.3 Å². The smallest absolute Gasteiger partial charge is 0.315 e. The van der Waals surface area contributed by atoms with Crippen LogP contribution in [0.1, 0.15) is 19.8 Å². The summed E-state index contributed by atoms with van der Waals surface area (Å²) in [6, 6.07) is 0. The first-order valence-corrected chi connectivity index (χ1v) is 3.48. The molecular formula is C6H11ClO3. The van der Waals surface area contributed by atoms with Gasteiger partial charge in [0.25, 0.3) is 0 Å². The summed E-state index contributed by atoms with van der Waals surface area (Å²) in [5.74, 6) is -1.64. The predicted octanol–water partition coefficient (Wildman–Crippen LogP) is 2.24. The highest BCUT2D eigenvalue weighted by Crippen LogP contribution is 2.14. The summed E-state index contributed by atoms with van der Waals surface area (Å²) in [6.07, 6.45) is 1.31. The van der Waals surface area contributed by atoms with E-state index in [1.165, 1.54) is 0 Å². The van der Waals surface area contributed by atoms with Gasteiger partial charge >= 0.3 is 5.95 Å². The van der Waals surface area contributed by atoms with E-state index in [2.05, 4.69) is 0 Å². The molecule has 0 spiro atoms. The number of allylic oxidation sites excluding steroid dienone is 1. The normalized spacial score (nSPS) is 12.6. The van der Waals surface area contributed by atoms with Crippen LogP contribution in [0, 0.1) is 0 Å². The van der Waals surface area contributed by atoms with E-state index in [1.807, 2.05) is 6.92 Å². The van der Waals surface area contributed by atoms with Crippen LogP contribution in [0.2, 0.25) is 0 Å². The molecule has 0 aliphatic heterocycles. The number of rotatable bonds is 3. The van der Waals surface area contributed by atoms with Crippen LogP contribution in [-0.2, 0) is 0 Å². The molecule has 3 nitrogen and oxygen atoms in total. The van der Waals surface area contributed by atoms with Gasteiger partial charge in [0.05, 0.1) is 5.38 Å². The van der Waals surface area contributed by atoms with E-state index in [0.29, 0.717) is 6.42 Å². The molecule has 0 saturated heterocycles. The topological polar surface area (TPSA) is 60.7 Å². The number of halogens is 1. The quantitative estimate of drug-likeness (QED) is 0.445. The first kappa shape index (κ1) is 9.43. The molecule has 60 valence electrons. The van der Waals surface area contributed by atoms with Crippen molar-refractivity contribution in [1.29, 1.82) is 0 Å². The molecule has 0 aromatic heterocycles. The summed E-state index contributed by atoms with van der Waals surface area (Å²) >= 11 is 5.50. The fraction of sp³-hybridized carbons (Fsp3) is 0.667. The number of aliphatic hydroxyl groups excluding tert-OH is 2. The number of hydrogen-bond acceptors (Lipinski definition) is 3. The molecule has 0 saturated carbocycles. The molecule has 0 amide bonds. The number of hydrogen-bond donors (Lipinski definition) is 3. The maximum Gasteiger partial charge on any atom is 0.315 e. The standard InChI is InChI=1S/C6H11ClO3/c1-2-3-4(7)5(8)6(9)10/h4,8-10H,2-3H2,1H3. The van der Waals surface area contributed by atoms with Gasteiger partial charge in [-0.05, 0) is 6.42 Å². The Balaban J connectivity index is 3.94. The Kier molecular flexibility index (Phi) is 4.03. The minimum atomic E-state index is -1.09. The molecule has 0 heterocycles. The van der Waals surface area contributed by atoms with Crippen molar-refractivity contribution in [3.05, 3.63) is 11.7 Å². The van der Waals surface area contributed by atoms with Gasteiger partial charge in [-0.3, -0.25) is 0 Å². The van der Waals surface area contributed by atoms with Crippen LogP contribution in [0.3, 0.4) is 0 Å². The van der Waals surface area contributed by atoms with E-state index in [9.17, 15) is 0 Å². The van der Waals surface area contributed by atoms with Crippen molar-refractivity contribution in [3.8, 4) is 0 Å². The molecule has 0 aliphatic carbocycles. The largest absolute Gasteiger partial charge is 0.505 e. The van der Waals surface area contributed by atoms with Gasteiger partial charge in [0, 0.05) is 0 Å². The van der Waals surface area contributed by atoms with Crippen LogP contribution in [0.5, 0.6) is 0 Å². The second kappa shape index (κ2) is 4.28. The lowest BCUT2D eigenvalue weighted by Crippen LogP contribution is -2.05. The van der Waals surface area contributed by atoms with Crippen molar-refractivity contribution in [2.75, 3.05) is 0 Å². The zero-order valence-electron chi connectivity index (χ0n) is 5.71. The fourth-order valence-electron chi connectivity index (χ4n) is 0.530. The lowest BCUT2D eigenvalue weighted by molar-refractivity contribution is 0.154. The summed E-state index contributed by atoms with van der Waals surface area (Å²) in [5.41, 5.74) is 0. The van der Waals surface area contributed by atoms with Gasteiger partial charge in [-0.15, -0.1) is 11.6 Å². The molecule has 3 N–H and O–H groups in total. The number of aliphatic hydroxyl groups is 3. The van der Waals surface area contributed by atoms with Gasteiger partial charge in [0.2, 0.25) is 0 Å². The Bertz CT molecular complexity index is 129. The maximum atomic E-state index is 8.77. The second-order valence-electron chi connectivity index (χ2n) is 1.97. The summed E-state index contributed by atoms with van der Waals surface area (Å²) in [7, 11) is 0. The number of alkyl halides is 1. The van der Waals surface area contributed by atoms with Gasteiger partial charge in [0.1, 0.15) is 0 Å². The highest BCUT2D eigenvalue weighted by molar-refractivity contribution is 6.22. The molecular weight excluding hydrogens is 156 g/mol. The molecule has 4 heteroatoms. The Morgan fingerprint density at radius 2 is 1.90 bits per heavy atom. The van der Waals surface area contributed by atoms with E-state index in [0.717, 1.165) is 6.42 Å². The average Bonchev–Trinajstić information content (AvgIpc) is 1.87. The average molecular weight is 167 g/mol. The Labute approximate surface area is 64.6 Å². The fourth-order valence-corrected chi connectivity index (χ4v) is 0.846. The minimum absolute atomic E-state index is 0.526. The molecule has 0 radical (unpaired) electrons. The van der Waals surface area contributed by atoms with Crippen molar-refractivity contribution in [1.82, 2.24) is 0 Å².